The van der Waals surface area contributed by atoms with Crippen molar-refractivity contribution >= 4 is 5.91 Å². The Morgan fingerprint density at radius 2 is 2.28 bits per heavy atom. The van der Waals surface area contributed by atoms with E-state index in [9.17, 15) is 14.3 Å². The Morgan fingerprint density at radius 1 is 1.44 bits per heavy atom. The molecule has 18 heavy (non-hydrogen) atoms. The number of carbonyl (C=O) groups excluding carboxylic acids is 1. The minimum Gasteiger partial charge on any atom is -0.394 e. The van der Waals surface area contributed by atoms with Gasteiger partial charge in [-0.3, -0.25) is 4.79 Å². The summed E-state index contributed by atoms with van der Waals surface area (Å²) in [5.74, 6) is -0.952. The molecule has 1 amide bonds. The number of nitrogens with zero attached hydrogens (tertiary/aromatic N) is 2. The van der Waals surface area contributed by atoms with Crippen molar-refractivity contribution in [2.75, 3.05) is 13.2 Å². The second kappa shape index (κ2) is 5.91. The Balaban J connectivity index is 2.19. The highest BCUT2D eigenvalue weighted by molar-refractivity contribution is 5.92. The number of aromatic nitrogens is 1. The van der Waals surface area contributed by atoms with Crippen molar-refractivity contribution in [3.05, 3.63) is 29.8 Å². The van der Waals surface area contributed by atoms with E-state index in [1.165, 1.54) is 18.2 Å². The maximum atomic E-state index is 13.0. The second-order valence-electron chi connectivity index (χ2n) is 4.53. The molecule has 1 fully saturated rings. The van der Waals surface area contributed by atoms with E-state index in [-0.39, 0.29) is 24.2 Å². The van der Waals surface area contributed by atoms with E-state index in [2.05, 4.69) is 4.98 Å². The Labute approximate surface area is 105 Å². The van der Waals surface area contributed by atoms with Crippen LogP contribution in [0.15, 0.2) is 18.2 Å². The molecule has 0 spiro atoms. The van der Waals surface area contributed by atoms with Crippen LogP contribution in [-0.2, 0) is 0 Å². The summed E-state index contributed by atoms with van der Waals surface area (Å²) in [6, 6.07) is 4.01. The third kappa shape index (κ3) is 2.85. The van der Waals surface area contributed by atoms with Gasteiger partial charge in [0, 0.05) is 6.54 Å². The Morgan fingerprint density at radius 3 is 3.00 bits per heavy atom. The van der Waals surface area contributed by atoms with Crippen LogP contribution in [0.1, 0.15) is 36.2 Å². The number of rotatable bonds is 2. The van der Waals surface area contributed by atoms with Crippen molar-refractivity contribution in [3.8, 4) is 0 Å². The van der Waals surface area contributed by atoms with Crippen molar-refractivity contribution < 1.29 is 14.3 Å². The first-order valence-corrected chi connectivity index (χ1v) is 6.27. The zero-order valence-corrected chi connectivity index (χ0v) is 10.2. The molecule has 0 radical (unpaired) electrons. The van der Waals surface area contributed by atoms with Crippen LogP contribution in [0.3, 0.4) is 0 Å². The molecule has 1 saturated heterocycles. The first-order chi connectivity index (χ1) is 8.72. The smallest absolute Gasteiger partial charge is 0.272 e. The van der Waals surface area contributed by atoms with Gasteiger partial charge in [0.05, 0.1) is 12.6 Å². The highest BCUT2D eigenvalue weighted by Gasteiger charge is 2.26. The summed E-state index contributed by atoms with van der Waals surface area (Å²) in [7, 11) is 0. The fraction of sp³-hybridized carbons (Fsp3) is 0.538. The van der Waals surface area contributed by atoms with Gasteiger partial charge in [-0.05, 0) is 25.0 Å². The van der Waals surface area contributed by atoms with Crippen LogP contribution in [0.25, 0.3) is 0 Å². The topological polar surface area (TPSA) is 53.4 Å². The summed E-state index contributed by atoms with van der Waals surface area (Å²) in [5.41, 5.74) is 0.107. The van der Waals surface area contributed by atoms with Gasteiger partial charge in [-0.25, -0.2) is 4.98 Å². The van der Waals surface area contributed by atoms with Gasteiger partial charge in [0.15, 0.2) is 0 Å². The molecule has 1 aliphatic rings. The molecule has 2 heterocycles. The van der Waals surface area contributed by atoms with Crippen LogP contribution in [0.2, 0.25) is 0 Å². The molecule has 1 atom stereocenters. The van der Waals surface area contributed by atoms with Gasteiger partial charge in [-0.1, -0.05) is 18.9 Å². The number of hydrogen-bond acceptors (Lipinski definition) is 3. The Hall–Kier alpha value is -1.49. The van der Waals surface area contributed by atoms with Gasteiger partial charge in [0.1, 0.15) is 5.69 Å². The number of aliphatic hydroxyl groups is 1. The van der Waals surface area contributed by atoms with E-state index in [4.69, 9.17) is 0 Å². The number of pyridine rings is 1. The summed E-state index contributed by atoms with van der Waals surface area (Å²) < 4.78 is 13.0. The van der Waals surface area contributed by atoms with Gasteiger partial charge in [-0.2, -0.15) is 4.39 Å². The number of likely N-dealkylation sites (tertiary alicyclic amines) is 1. The summed E-state index contributed by atoms with van der Waals surface area (Å²) in [6.07, 6.45) is 3.76. The average molecular weight is 252 g/mol. The molecular weight excluding hydrogens is 235 g/mol. The average Bonchev–Trinajstić information content (AvgIpc) is 2.62. The number of halogens is 1. The molecule has 1 N–H and O–H groups in total. The van der Waals surface area contributed by atoms with E-state index in [0.29, 0.717) is 6.54 Å². The number of carbonyl (C=O) groups is 1. The van der Waals surface area contributed by atoms with Crippen LogP contribution in [-0.4, -0.2) is 40.1 Å². The van der Waals surface area contributed by atoms with Gasteiger partial charge in [-0.15, -0.1) is 0 Å². The van der Waals surface area contributed by atoms with Gasteiger partial charge < -0.3 is 10.0 Å². The largest absolute Gasteiger partial charge is 0.394 e. The third-order valence-electron chi connectivity index (χ3n) is 3.28. The first kappa shape index (κ1) is 13.0. The zero-order chi connectivity index (χ0) is 13.0. The summed E-state index contributed by atoms with van der Waals surface area (Å²) in [5, 5.41) is 9.35. The predicted molar refractivity (Wildman–Crippen MR) is 64.6 cm³/mol. The molecule has 0 aromatic carbocycles. The summed E-state index contributed by atoms with van der Waals surface area (Å²) >= 11 is 0. The van der Waals surface area contributed by atoms with Crippen LogP contribution in [0.5, 0.6) is 0 Å². The molecule has 5 heteroatoms. The highest BCUT2D eigenvalue weighted by atomic mass is 19.1. The Kier molecular flexibility index (Phi) is 4.25. The number of amides is 1. The lowest BCUT2D eigenvalue weighted by atomic mass is 10.1. The van der Waals surface area contributed by atoms with Crippen molar-refractivity contribution in [1.29, 1.82) is 0 Å². The molecule has 1 aromatic heterocycles. The monoisotopic (exact) mass is 252 g/mol. The van der Waals surface area contributed by atoms with Crippen LogP contribution >= 0.6 is 0 Å². The minimum absolute atomic E-state index is 0.0545. The number of hydrogen-bond donors (Lipinski definition) is 1. The lowest BCUT2D eigenvalue weighted by Crippen LogP contribution is -2.42. The van der Waals surface area contributed by atoms with Gasteiger partial charge >= 0.3 is 0 Å². The minimum atomic E-state index is -0.656. The molecule has 0 bridgehead atoms. The molecular formula is C13H17FN2O2. The van der Waals surface area contributed by atoms with Crippen molar-refractivity contribution in [3.63, 3.8) is 0 Å². The van der Waals surface area contributed by atoms with E-state index < -0.39 is 5.95 Å². The molecule has 1 unspecified atom stereocenters. The summed E-state index contributed by atoms with van der Waals surface area (Å²) in [6.45, 7) is 0.545. The molecule has 1 aliphatic heterocycles. The quantitative estimate of drug-likeness (QED) is 0.813. The Bertz CT molecular complexity index is 425. The van der Waals surface area contributed by atoms with Crippen molar-refractivity contribution in [1.82, 2.24) is 9.88 Å². The fourth-order valence-corrected chi connectivity index (χ4v) is 2.31. The zero-order valence-electron chi connectivity index (χ0n) is 10.2. The summed E-state index contributed by atoms with van der Waals surface area (Å²) in [4.78, 5) is 17.5. The lowest BCUT2D eigenvalue weighted by molar-refractivity contribution is 0.0592. The number of aliphatic hydroxyl groups excluding tert-OH is 1. The second-order valence-corrected chi connectivity index (χ2v) is 4.53. The molecule has 1 aromatic rings. The lowest BCUT2D eigenvalue weighted by Gasteiger charge is -2.28. The van der Waals surface area contributed by atoms with E-state index in [1.807, 2.05) is 0 Å². The van der Waals surface area contributed by atoms with E-state index in [1.54, 1.807) is 4.90 Å². The molecule has 0 aliphatic carbocycles. The SMILES string of the molecule is O=C(c1cccc(F)n1)N1CCCCCC1CO. The third-order valence-corrected chi connectivity index (χ3v) is 3.28. The molecule has 2 rings (SSSR count). The predicted octanol–water partition coefficient (Wildman–Crippen LogP) is 1.60. The maximum absolute atomic E-state index is 13.0. The highest BCUT2D eigenvalue weighted by Crippen LogP contribution is 2.18. The van der Waals surface area contributed by atoms with Crippen molar-refractivity contribution in [2.45, 2.75) is 31.7 Å². The van der Waals surface area contributed by atoms with Crippen LogP contribution in [0.4, 0.5) is 4.39 Å². The maximum Gasteiger partial charge on any atom is 0.272 e. The standard InChI is InChI=1S/C13H17FN2O2/c14-12-7-4-6-11(15-12)13(18)16-8-3-1-2-5-10(16)9-17/h4,6-7,10,17H,1-3,5,8-9H2. The van der Waals surface area contributed by atoms with Crippen molar-refractivity contribution in [2.24, 2.45) is 0 Å². The molecule has 98 valence electrons. The first-order valence-electron chi connectivity index (χ1n) is 6.27. The normalized spacial score (nSPS) is 20.6. The van der Waals surface area contributed by atoms with Crippen LogP contribution < -0.4 is 0 Å². The van der Waals surface area contributed by atoms with Gasteiger partial charge in [0.2, 0.25) is 5.95 Å². The van der Waals surface area contributed by atoms with E-state index >= 15 is 0 Å². The molecule has 0 saturated carbocycles. The fourth-order valence-electron chi connectivity index (χ4n) is 2.31. The van der Waals surface area contributed by atoms with E-state index in [0.717, 1.165) is 25.7 Å². The van der Waals surface area contributed by atoms with Gasteiger partial charge in [0.25, 0.3) is 5.91 Å². The molecule has 4 nitrogen and oxygen atoms in total. The van der Waals surface area contributed by atoms with Crippen LogP contribution in [0, 0.1) is 5.95 Å².